The largest absolute Gasteiger partial charge is 0.497 e. The molecule has 1 N–H and O–H groups in total. The second-order valence-electron chi connectivity index (χ2n) is 7.53. The average Bonchev–Trinajstić information content (AvgIpc) is 3.21. The molecule has 1 fully saturated rings. The zero-order valence-corrected chi connectivity index (χ0v) is 16.4. The Morgan fingerprint density at radius 3 is 2.52 bits per heavy atom. The Kier molecular flexibility index (Phi) is 4.82. The van der Waals surface area contributed by atoms with Gasteiger partial charge in [-0.1, -0.05) is 18.2 Å². The summed E-state index contributed by atoms with van der Waals surface area (Å²) in [7, 11) is 1.57. The molecule has 2 aliphatic rings. The minimum atomic E-state index is -1.21. The fourth-order valence-electron chi connectivity index (χ4n) is 4.23. The summed E-state index contributed by atoms with van der Waals surface area (Å²) in [6, 6.07) is 12.7. The van der Waals surface area contributed by atoms with Crippen LogP contribution in [0.5, 0.6) is 17.2 Å². The van der Waals surface area contributed by atoms with Crippen molar-refractivity contribution < 1.29 is 28.9 Å². The number of carbonyl (C=O) groups is 2. The third kappa shape index (κ3) is 3.37. The molecule has 7 heteroatoms. The summed E-state index contributed by atoms with van der Waals surface area (Å²) in [5.74, 6) is 0.732. The molecule has 0 spiro atoms. The lowest BCUT2D eigenvalue weighted by Crippen LogP contribution is -2.54. The third-order valence-corrected chi connectivity index (χ3v) is 5.86. The van der Waals surface area contributed by atoms with E-state index >= 15 is 0 Å². The number of rotatable bonds is 4. The van der Waals surface area contributed by atoms with E-state index in [-0.39, 0.29) is 25.2 Å². The highest BCUT2D eigenvalue weighted by molar-refractivity contribution is 5.84. The Labute approximate surface area is 168 Å². The lowest BCUT2D eigenvalue weighted by Gasteiger charge is -2.44. The van der Waals surface area contributed by atoms with Gasteiger partial charge in [-0.2, -0.15) is 0 Å². The number of ether oxygens (including phenoxy) is 3. The number of benzene rings is 2. The quantitative estimate of drug-likeness (QED) is 0.854. The van der Waals surface area contributed by atoms with Gasteiger partial charge in [-0.3, -0.25) is 9.59 Å². The Bertz CT molecular complexity index is 941. The molecule has 2 aromatic rings. The number of fused-ring (bicyclic) bond motifs is 1. The number of aliphatic carboxylic acids is 1. The van der Waals surface area contributed by atoms with Crippen LogP contribution in [0.25, 0.3) is 0 Å². The van der Waals surface area contributed by atoms with Gasteiger partial charge in [-0.05, 0) is 41.8 Å². The van der Waals surface area contributed by atoms with Crippen LogP contribution in [0.3, 0.4) is 0 Å². The van der Waals surface area contributed by atoms with Crippen LogP contribution in [0.2, 0.25) is 0 Å². The summed E-state index contributed by atoms with van der Waals surface area (Å²) in [6.07, 6.45) is 0.373. The lowest BCUT2D eigenvalue weighted by atomic mass is 9.69. The highest BCUT2D eigenvalue weighted by atomic mass is 16.7. The molecular formula is C22H23NO6. The fourth-order valence-corrected chi connectivity index (χ4v) is 4.23. The standard InChI is InChI=1S/C22H23NO6/c1-14(24)23-11-16(15-3-8-19-20(9-15)29-13-28-19)10-22(12-23,21(25)26)17-4-6-18(27-2)7-5-17/h3-9,16H,10-13H2,1-2H3,(H,25,26). The number of amides is 1. The molecule has 2 atom stereocenters. The van der Waals surface area contributed by atoms with Gasteiger partial charge in [0.1, 0.15) is 11.2 Å². The van der Waals surface area contributed by atoms with E-state index in [2.05, 4.69) is 0 Å². The van der Waals surface area contributed by atoms with E-state index in [9.17, 15) is 14.7 Å². The first-order valence-corrected chi connectivity index (χ1v) is 9.46. The molecule has 1 amide bonds. The van der Waals surface area contributed by atoms with Gasteiger partial charge in [0.15, 0.2) is 11.5 Å². The van der Waals surface area contributed by atoms with Crippen molar-refractivity contribution in [1.29, 1.82) is 0 Å². The minimum absolute atomic E-state index is 0.130. The second-order valence-corrected chi connectivity index (χ2v) is 7.53. The number of nitrogens with zero attached hydrogens (tertiary/aromatic N) is 1. The molecule has 2 aromatic carbocycles. The molecule has 0 bridgehead atoms. The van der Waals surface area contributed by atoms with Crippen LogP contribution < -0.4 is 14.2 Å². The number of hydrogen-bond acceptors (Lipinski definition) is 5. The molecule has 2 unspecified atom stereocenters. The predicted octanol–water partition coefficient (Wildman–Crippen LogP) is 2.78. The number of piperidine rings is 1. The van der Waals surface area contributed by atoms with E-state index in [4.69, 9.17) is 14.2 Å². The van der Waals surface area contributed by atoms with E-state index in [1.54, 1.807) is 36.3 Å². The Morgan fingerprint density at radius 1 is 1.14 bits per heavy atom. The van der Waals surface area contributed by atoms with E-state index in [1.165, 1.54) is 6.92 Å². The summed E-state index contributed by atoms with van der Waals surface area (Å²) >= 11 is 0. The molecule has 0 saturated carbocycles. The van der Waals surface area contributed by atoms with Crippen molar-refractivity contribution in [2.45, 2.75) is 24.7 Å². The van der Waals surface area contributed by atoms with Crippen LogP contribution in [0, 0.1) is 0 Å². The van der Waals surface area contributed by atoms with Crippen molar-refractivity contribution >= 4 is 11.9 Å². The van der Waals surface area contributed by atoms with Gasteiger partial charge in [-0.25, -0.2) is 0 Å². The maximum absolute atomic E-state index is 12.5. The first kappa shape index (κ1) is 19.1. The summed E-state index contributed by atoms with van der Waals surface area (Å²) in [5.41, 5.74) is 0.374. The van der Waals surface area contributed by atoms with Crippen molar-refractivity contribution in [2.24, 2.45) is 0 Å². The summed E-state index contributed by atoms with van der Waals surface area (Å²) in [5, 5.41) is 10.3. The molecule has 0 radical (unpaired) electrons. The summed E-state index contributed by atoms with van der Waals surface area (Å²) in [4.78, 5) is 26.4. The molecule has 7 nitrogen and oxygen atoms in total. The Balaban J connectivity index is 1.75. The zero-order chi connectivity index (χ0) is 20.6. The van der Waals surface area contributed by atoms with Crippen LogP contribution in [0.4, 0.5) is 0 Å². The number of hydrogen-bond donors (Lipinski definition) is 1. The van der Waals surface area contributed by atoms with Crippen molar-refractivity contribution in [3.05, 3.63) is 53.6 Å². The van der Waals surface area contributed by atoms with Crippen LogP contribution in [-0.4, -0.2) is 48.9 Å². The molecule has 4 rings (SSSR count). The molecule has 1 saturated heterocycles. The minimum Gasteiger partial charge on any atom is -0.497 e. The van der Waals surface area contributed by atoms with Gasteiger partial charge < -0.3 is 24.2 Å². The third-order valence-electron chi connectivity index (χ3n) is 5.86. The van der Waals surface area contributed by atoms with Crippen molar-refractivity contribution in [3.8, 4) is 17.2 Å². The molecule has 152 valence electrons. The SMILES string of the molecule is COc1ccc(C2(C(=O)O)CC(c3ccc4c(c3)OCO4)CN(C(C)=O)C2)cc1. The van der Waals surface area contributed by atoms with Gasteiger partial charge in [-0.15, -0.1) is 0 Å². The molecule has 2 heterocycles. The number of carboxylic acid groups (broad SMARTS) is 1. The zero-order valence-electron chi connectivity index (χ0n) is 16.4. The fraction of sp³-hybridized carbons (Fsp3) is 0.364. The van der Waals surface area contributed by atoms with Crippen LogP contribution in [0.15, 0.2) is 42.5 Å². The van der Waals surface area contributed by atoms with Crippen LogP contribution in [-0.2, 0) is 15.0 Å². The highest BCUT2D eigenvalue weighted by Gasteiger charge is 2.48. The maximum Gasteiger partial charge on any atom is 0.315 e. The topological polar surface area (TPSA) is 85.3 Å². The number of likely N-dealkylation sites (tertiary alicyclic amines) is 1. The molecular weight excluding hydrogens is 374 g/mol. The normalized spacial score (nSPS) is 23.0. The van der Waals surface area contributed by atoms with Crippen molar-refractivity contribution in [1.82, 2.24) is 4.90 Å². The number of methoxy groups -OCH3 is 1. The summed E-state index contributed by atoms with van der Waals surface area (Å²) in [6.45, 7) is 2.24. The van der Waals surface area contributed by atoms with Gasteiger partial charge in [0.2, 0.25) is 12.7 Å². The second kappa shape index (κ2) is 7.31. The average molecular weight is 397 g/mol. The van der Waals surface area contributed by atoms with E-state index in [0.717, 1.165) is 5.56 Å². The molecule has 0 aromatic heterocycles. The highest BCUT2D eigenvalue weighted by Crippen LogP contribution is 2.43. The van der Waals surface area contributed by atoms with Crippen LogP contribution in [0.1, 0.15) is 30.4 Å². The van der Waals surface area contributed by atoms with Gasteiger partial charge in [0, 0.05) is 25.9 Å². The van der Waals surface area contributed by atoms with Gasteiger partial charge in [0.05, 0.1) is 7.11 Å². The van der Waals surface area contributed by atoms with E-state index < -0.39 is 11.4 Å². The smallest absolute Gasteiger partial charge is 0.315 e. The van der Waals surface area contributed by atoms with Crippen molar-refractivity contribution in [3.63, 3.8) is 0 Å². The molecule has 29 heavy (non-hydrogen) atoms. The van der Waals surface area contributed by atoms with E-state index in [0.29, 0.717) is 35.8 Å². The number of carboxylic acids is 1. The Morgan fingerprint density at radius 2 is 1.86 bits per heavy atom. The maximum atomic E-state index is 12.5. The van der Waals surface area contributed by atoms with Crippen molar-refractivity contribution in [2.75, 3.05) is 27.0 Å². The molecule has 0 aliphatic carbocycles. The van der Waals surface area contributed by atoms with Gasteiger partial charge in [0.25, 0.3) is 0 Å². The monoisotopic (exact) mass is 397 g/mol. The van der Waals surface area contributed by atoms with E-state index in [1.807, 2.05) is 18.2 Å². The predicted molar refractivity (Wildman–Crippen MR) is 104 cm³/mol. The van der Waals surface area contributed by atoms with Crippen LogP contribution >= 0.6 is 0 Å². The first-order chi connectivity index (χ1) is 13.9. The summed E-state index contributed by atoms with van der Waals surface area (Å²) < 4.78 is 16.1. The Hall–Kier alpha value is -3.22. The lowest BCUT2D eigenvalue weighted by molar-refractivity contribution is -0.148. The first-order valence-electron chi connectivity index (χ1n) is 9.46. The number of carbonyl (C=O) groups excluding carboxylic acids is 1. The molecule has 2 aliphatic heterocycles. The van der Waals surface area contributed by atoms with Gasteiger partial charge >= 0.3 is 5.97 Å².